The van der Waals surface area contributed by atoms with Crippen molar-refractivity contribution < 1.29 is 9.53 Å². The molecule has 2 rings (SSSR count). The highest BCUT2D eigenvalue weighted by Crippen LogP contribution is 2.23. The first-order valence-electron chi connectivity index (χ1n) is 5.71. The molecule has 1 aromatic carbocycles. The third-order valence-corrected chi connectivity index (χ3v) is 3.90. The van der Waals surface area contributed by atoms with Gasteiger partial charge in [0.1, 0.15) is 0 Å². The van der Waals surface area contributed by atoms with E-state index in [9.17, 15) is 4.79 Å². The monoisotopic (exact) mass is 332 g/mol. The standard InChI is InChI=1S/C12H14BrClN2O2/c13-10-5-8(1-2-11(10)14)12(17)16-6-9-7-18-4-3-15-9/h1-2,5,9,15H,3-4,6-7H2,(H,16,17). The van der Waals surface area contributed by atoms with Crippen molar-refractivity contribution in [1.82, 2.24) is 10.6 Å². The Hall–Kier alpha value is -0.620. The van der Waals surface area contributed by atoms with E-state index in [0.29, 0.717) is 23.7 Å². The van der Waals surface area contributed by atoms with E-state index in [1.54, 1.807) is 18.2 Å². The Morgan fingerprint density at radius 1 is 1.61 bits per heavy atom. The lowest BCUT2D eigenvalue weighted by Crippen LogP contribution is -2.48. The van der Waals surface area contributed by atoms with Gasteiger partial charge in [-0.3, -0.25) is 4.79 Å². The number of amides is 1. The summed E-state index contributed by atoms with van der Waals surface area (Å²) in [5.41, 5.74) is 0.586. The molecule has 0 radical (unpaired) electrons. The van der Waals surface area contributed by atoms with Crippen LogP contribution in [0.2, 0.25) is 5.02 Å². The average molecular weight is 334 g/mol. The lowest BCUT2D eigenvalue weighted by molar-refractivity contribution is 0.0734. The summed E-state index contributed by atoms with van der Waals surface area (Å²) in [5, 5.41) is 6.74. The summed E-state index contributed by atoms with van der Waals surface area (Å²) in [4.78, 5) is 11.9. The zero-order valence-electron chi connectivity index (χ0n) is 9.71. The molecule has 1 heterocycles. The number of hydrogen-bond donors (Lipinski definition) is 2. The maximum absolute atomic E-state index is 11.9. The second kappa shape index (κ2) is 6.52. The van der Waals surface area contributed by atoms with Crippen LogP contribution in [0.1, 0.15) is 10.4 Å². The van der Waals surface area contributed by atoms with Gasteiger partial charge in [0.25, 0.3) is 5.91 Å². The highest BCUT2D eigenvalue weighted by molar-refractivity contribution is 9.10. The Morgan fingerprint density at radius 3 is 3.11 bits per heavy atom. The van der Waals surface area contributed by atoms with Crippen molar-refractivity contribution in [3.8, 4) is 0 Å². The molecule has 1 aliphatic rings. The molecule has 98 valence electrons. The van der Waals surface area contributed by atoms with E-state index in [0.717, 1.165) is 17.6 Å². The van der Waals surface area contributed by atoms with Gasteiger partial charge in [-0.15, -0.1) is 0 Å². The van der Waals surface area contributed by atoms with Gasteiger partial charge < -0.3 is 15.4 Å². The second-order valence-electron chi connectivity index (χ2n) is 4.06. The number of nitrogens with one attached hydrogen (secondary N) is 2. The summed E-state index contributed by atoms with van der Waals surface area (Å²) in [6.45, 7) is 2.74. The quantitative estimate of drug-likeness (QED) is 0.887. The molecule has 0 aliphatic carbocycles. The Labute approximate surface area is 119 Å². The first-order chi connectivity index (χ1) is 8.66. The van der Waals surface area contributed by atoms with Crippen LogP contribution in [0, 0.1) is 0 Å². The fourth-order valence-corrected chi connectivity index (χ4v) is 2.20. The van der Waals surface area contributed by atoms with Gasteiger partial charge in [-0.25, -0.2) is 0 Å². The molecule has 0 aromatic heterocycles. The average Bonchev–Trinajstić information content (AvgIpc) is 2.40. The molecule has 6 heteroatoms. The fraction of sp³-hybridized carbons (Fsp3) is 0.417. The minimum absolute atomic E-state index is 0.111. The van der Waals surface area contributed by atoms with Crippen LogP contribution in [0.3, 0.4) is 0 Å². The summed E-state index contributed by atoms with van der Waals surface area (Å²) in [6, 6.07) is 5.29. The number of rotatable bonds is 3. The van der Waals surface area contributed by atoms with Crippen molar-refractivity contribution >= 4 is 33.4 Å². The van der Waals surface area contributed by atoms with Crippen molar-refractivity contribution in [3.05, 3.63) is 33.3 Å². The molecule has 4 nitrogen and oxygen atoms in total. The first-order valence-corrected chi connectivity index (χ1v) is 6.88. The van der Waals surface area contributed by atoms with E-state index in [2.05, 4.69) is 26.6 Å². The number of carbonyl (C=O) groups is 1. The normalized spacial score (nSPS) is 19.6. The zero-order chi connectivity index (χ0) is 13.0. The maximum Gasteiger partial charge on any atom is 0.251 e. The predicted molar refractivity (Wildman–Crippen MR) is 74.1 cm³/mol. The molecule has 0 saturated carbocycles. The number of benzene rings is 1. The molecule has 1 fully saturated rings. The Bertz CT molecular complexity index is 436. The maximum atomic E-state index is 11.9. The van der Waals surface area contributed by atoms with Gasteiger partial charge in [0.15, 0.2) is 0 Å². The Morgan fingerprint density at radius 2 is 2.44 bits per heavy atom. The summed E-state index contributed by atoms with van der Waals surface area (Å²) in [5.74, 6) is -0.111. The number of hydrogen-bond acceptors (Lipinski definition) is 3. The molecule has 0 bridgehead atoms. The van der Waals surface area contributed by atoms with Gasteiger partial charge >= 0.3 is 0 Å². The summed E-state index contributed by atoms with van der Waals surface area (Å²) >= 11 is 9.18. The largest absolute Gasteiger partial charge is 0.378 e. The second-order valence-corrected chi connectivity index (χ2v) is 5.33. The molecule has 18 heavy (non-hydrogen) atoms. The van der Waals surface area contributed by atoms with Gasteiger partial charge in [0.2, 0.25) is 0 Å². The molecular weight excluding hydrogens is 320 g/mol. The molecular formula is C12H14BrClN2O2. The fourth-order valence-electron chi connectivity index (χ4n) is 1.71. The zero-order valence-corrected chi connectivity index (χ0v) is 12.1. The summed E-state index contributed by atoms with van der Waals surface area (Å²) in [7, 11) is 0. The van der Waals surface area contributed by atoms with Crippen LogP contribution in [0.4, 0.5) is 0 Å². The minimum atomic E-state index is -0.111. The Balaban J connectivity index is 1.88. The van der Waals surface area contributed by atoms with Crippen LogP contribution < -0.4 is 10.6 Å². The molecule has 1 aromatic rings. The van der Waals surface area contributed by atoms with Crippen LogP contribution in [0.25, 0.3) is 0 Å². The van der Waals surface area contributed by atoms with Crippen molar-refractivity contribution in [2.75, 3.05) is 26.3 Å². The number of ether oxygens (including phenoxy) is 1. The van der Waals surface area contributed by atoms with Crippen LogP contribution in [0.5, 0.6) is 0 Å². The van der Waals surface area contributed by atoms with E-state index in [1.165, 1.54) is 0 Å². The lowest BCUT2D eigenvalue weighted by atomic mass is 10.2. The number of halogens is 2. The van der Waals surface area contributed by atoms with Crippen molar-refractivity contribution in [2.24, 2.45) is 0 Å². The van der Waals surface area contributed by atoms with E-state index < -0.39 is 0 Å². The van der Waals surface area contributed by atoms with Gasteiger partial charge in [-0.05, 0) is 34.1 Å². The number of carbonyl (C=O) groups excluding carboxylic acids is 1. The van der Waals surface area contributed by atoms with E-state index >= 15 is 0 Å². The van der Waals surface area contributed by atoms with E-state index in [1.807, 2.05) is 0 Å². The Kier molecular flexibility index (Phi) is 5.00. The highest BCUT2D eigenvalue weighted by atomic mass is 79.9. The lowest BCUT2D eigenvalue weighted by Gasteiger charge is -2.23. The van der Waals surface area contributed by atoms with Gasteiger partial charge in [-0.1, -0.05) is 11.6 Å². The predicted octanol–water partition coefficient (Wildman–Crippen LogP) is 1.82. The van der Waals surface area contributed by atoms with Gasteiger partial charge in [0, 0.05) is 29.2 Å². The topological polar surface area (TPSA) is 50.4 Å². The smallest absolute Gasteiger partial charge is 0.251 e. The molecule has 1 amide bonds. The van der Waals surface area contributed by atoms with E-state index in [-0.39, 0.29) is 11.9 Å². The van der Waals surface area contributed by atoms with Crippen LogP contribution in [0.15, 0.2) is 22.7 Å². The van der Waals surface area contributed by atoms with Crippen molar-refractivity contribution in [2.45, 2.75) is 6.04 Å². The van der Waals surface area contributed by atoms with Crippen LogP contribution in [-0.4, -0.2) is 38.3 Å². The molecule has 1 saturated heterocycles. The highest BCUT2D eigenvalue weighted by Gasteiger charge is 2.14. The molecule has 0 spiro atoms. The molecule has 2 N–H and O–H groups in total. The summed E-state index contributed by atoms with van der Waals surface area (Å²) < 4.78 is 6.03. The minimum Gasteiger partial charge on any atom is -0.378 e. The third-order valence-electron chi connectivity index (χ3n) is 2.69. The van der Waals surface area contributed by atoms with Crippen LogP contribution in [-0.2, 0) is 4.74 Å². The molecule has 1 aliphatic heterocycles. The number of morpholine rings is 1. The van der Waals surface area contributed by atoms with Gasteiger partial charge in [-0.2, -0.15) is 0 Å². The molecule has 1 unspecified atom stereocenters. The third kappa shape index (κ3) is 3.68. The van der Waals surface area contributed by atoms with Crippen LogP contribution >= 0.6 is 27.5 Å². The summed E-state index contributed by atoms with van der Waals surface area (Å²) in [6.07, 6.45) is 0. The molecule has 1 atom stereocenters. The SMILES string of the molecule is O=C(NCC1COCCN1)c1ccc(Cl)c(Br)c1. The first kappa shape index (κ1) is 13.8. The van der Waals surface area contributed by atoms with Crippen molar-refractivity contribution in [3.63, 3.8) is 0 Å². The van der Waals surface area contributed by atoms with E-state index in [4.69, 9.17) is 16.3 Å². The van der Waals surface area contributed by atoms with Crippen molar-refractivity contribution in [1.29, 1.82) is 0 Å². The van der Waals surface area contributed by atoms with Gasteiger partial charge in [0.05, 0.1) is 18.2 Å².